The molecule has 0 spiro atoms. The maximum atomic E-state index is 11.6. The summed E-state index contributed by atoms with van der Waals surface area (Å²) in [7, 11) is 1.78. The molecule has 1 fully saturated rings. The lowest BCUT2D eigenvalue weighted by Crippen LogP contribution is -2.30. The number of Topliss-reactive ketones (excluding diaryl/α,β-unsaturated/α-hetero) is 1. The van der Waals surface area contributed by atoms with Crippen LogP contribution in [0.25, 0.3) is 0 Å². The van der Waals surface area contributed by atoms with E-state index in [0.717, 1.165) is 18.8 Å². The van der Waals surface area contributed by atoms with Crippen LogP contribution in [0.4, 0.5) is 0 Å². The van der Waals surface area contributed by atoms with Crippen molar-refractivity contribution in [2.24, 2.45) is 0 Å². The summed E-state index contributed by atoms with van der Waals surface area (Å²) in [5.41, 5.74) is 0.767. The maximum absolute atomic E-state index is 11.6. The van der Waals surface area contributed by atoms with Crippen molar-refractivity contribution < 1.29 is 9.53 Å². The molecule has 0 aliphatic carbocycles. The van der Waals surface area contributed by atoms with Crippen LogP contribution in [-0.4, -0.2) is 37.8 Å². The van der Waals surface area contributed by atoms with E-state index in [2.05, 4.69) is 5.32 Å². The Labute approximate surface area is 99.6 Å². The van der Waals surface area contributed by atoms with Gasteiger partial charge in [-0.2, -0.15) is 0 Å². The molecule has 1 heterocycles. The molecule has 16 heavy (non-hydrogen) atoms. The predicted molar refractivity (Wildman–Crippen MR) is 65.2 cm³/mol. The second-order valence-corrected chi connectivity index (χ2v) is 5.13. The highest BCUT2D eigenvalue weighted by atomic mass is 32.2. The van der Waals surface area contributed by atoms with E-state index in [4.69, 9.17) is 4.74 Å². The summed E-state index contributed by atoms with van der Waals surface area (Å²) in [5.74, 6) is 0.131. The molecule has 1 aliphatic heterocycles. The van der Waals surface area contributed by atoms with E-state index < -0.39 is 0 Å². The first-order valence-electron chi connectivity index (χ1n) is 5.32. The van der Waals surface area contributed by atoms with Gasteiger partial charge in [-0.3, -0.25) is 4.79 Å². The van der Waals surface area contributed by atoms with Gasteiger partial charge in [0.25, 0.3) is 0 Å². The van der Waals surface area contributed by atoms with Crippen molar-refractivity contribution in [1.29, 1.82) is 0 Å². The minimum absolute atomic E-state index is 0.131. The number of thioether (sulfide) groups is 1. The van der Waals surface area contributed by atoms with Crippen molar-refractivity contribution in [1.82, 2.24) is 5.32 Å². The summed E-state index contributed by atoms with van der Waals surface area (Å²) in [4.78, 5) is 12.8. The van der Waals surface area contributed by atoms with Crippen LogP contribution in [0.5, 0.6) is 0 Å². The quantitative estimate of drug-likeness (QED) is 0.789. The molecule has 0 amide bonds. The first-order valence-corrected chi connectivity index (χ1v) is 6.20. The van der Waals surface area contributed by atoms with Crippen molar-refractivity contribution in [3.05, 3.63) is 29.8 Å². The first-order chi connectivity index (χ1) is 7.79. The Morgan fingerprint density at radius 3 is 2.62 bits per heavy atom. The lowest BCUT2D eigenvalue weighted by atomic mass is 10.1. The van der Waals surface area contributed by atoms with E-state index in [9.17, 15) is 4.79 Å². The Balaban J connectivity index is 1.95. The summed E-state index contributed by atoms with van der Waals surface area (Å²) in [5, 5.41) is 3.44. The van der Waals surface area contributed by atoms with Crippen LogP contribution in [0.3, 0.4) is 0 Å². The highest BCUT2D eigenvalue weighted by molar-refractivity contribution is 8.00. The third kappa shape index (κ3) is 2.84. The molecule has 1 N–H and O–H groups in total. The Morgan fingerprint density at radius 1 is 1.44 bits per heavy atom. The molecule has 0 aromatic heterocycles. The van der Waals surface area contributed by atoms with Gasteiger partial charge in [0.05, 0.1) is 25.0 Å². The summed E-state index contributed by atoms with van der Waals surface area (Å²) in [6.07, 6.45) is 0. The highest BCUT2D eigenvalue weighted by Crippen LogP contribution is 2.27. The average Bonchev–Trinajstić information content (AvgIpc) is 2.25. The van der Waals surface area contributed by atoms with Crippen LogP contribution < -0.4 is 5.32 Å². The third-order valence-corrected chi connectivity index (χ3v) is 3.57. The van der Waals surface area contributed by atoms with Gasteiger partial charge >= 0.3 is 0 Å². The molecular weight excluding hydrogens is 222 g/mol. The standard InChI is InChI=1S/C12H15NO2S/c1-13-6-12(14)9-2-4-10(5-3-9)16-11-7-15-8-11/h2-5,11,13H,6-8H2,1H3. The minimum atomic E-state index is 0.131. The maximum Gasteiger partial charge on any atom is 0.176 e. The zero-order chi connectivity index (χ0) is 11.4. The Hall–Kier alpha value is -0.840. The predicted octanol–water partition coefficient (Wildman–Crippen LogP) is 1.58. The number of ketones is 1. The molecule has 1 aliphatic rings. The zero-order valence-corrected chi connectivity index (χ0v) is 10.0. The minimum Gasteiger partial charge on any atom is -0.379 e. The smallest absolute Gasteiger partial charge is 0.176 e. The normalized spacial score (nSPS) is 15.8. The van der Waals surface area contributed by atoms with Gasteiger partial charge in [-0.15, -0.1) is 11.8 Å². The van der Waals surface area contributed by atoms with Crippen molar-refractivity contribution in [2.45, 2.75) is 10.1 Å². The zero-order valence-electron chi connectivity index (χ0n) is 9.23. The summed E-state index contributed by atoms with van der Waals surface area (Å²) >= 11 is 1.81. The van der Waals surface area contributed by atoms with E-state index in [0.29, 0.717) is 11.8 Å². The summed E-state index contributed by atoms with van der Waals surface area (Å²) in [6, 6.07) is 7.79. The Bertz CT molecular complexity index is 360. The largest absolute Gasteiger partial charge is 0.379 e. The fraction of sp³-hybridized carbons (Fsp3) is 0.417. The number of rotatable bonds is 5. The SMILES string of the molecule is CNCC(=O)c1ccc(SC2COC2)cc1. The molecule has 86 valence electrons. The number of likely N-dealkylation sites (N-methyl/N-ethyl adjacent to an activating group) is 1. The highest BCUT2D eigenvalue weighted by Gasteiger charge is 2.19. The van der Waals surface area contributed by atoms with Crippen LogP contribution in [-0.2, 0) is 4.74 Å². The van der Waals surface area contributed by atoms with Crippen LogP contribution in [0.1, 0.15) is 10.4 Å². The van der Waals surface area contributed by atoms with E-state index in [-0.39, 0.29) is 5.78 Å². The molecule has 0 saturated carbocycles. The van der Waals surface area contributed by atoms with Gasteiger partial charge in [0, 0.05) is 10.5 Å². The molecule has 1 saturated heterocycles. The van der Waals surface area contributed by atoms with Gasteiger partial charge in [0.1, 0.15) is 0 Å². The van der Waals surface area contributed by atoms with Gasteiger partial charge in [0.15, 0.2) is 5.78 Å². The van der Waals surface area contributed by atoms with E-state index in [1.807, 2.05) is 36.0 Å². The lowest BCUT2D eigenvalue weighted by Gasteiger charge is -2.25. The van der Waals surface area contributed by atoms with Crippen LogP contribution >= 0.6 is 11.8 Å². The molecule has 2 rings (SSSR count). The summed E-state index contributed by atoms with van der Waals surface area (Å²) in [6.45, 7) is 2.07. The first kappa shape index (κ1) is 11.6. The van der Waals surface area contributed by atoms with E-state index >= 15 is 0 Å². The number of nitrogens with one attached hydrogen (secondary N) is 1. The number of hydrogen-bond acceptors (Lipinski definition) is 4. The van der Waals surface area contributed by atoms with Crippen molar-refractivity contribution in [2.75, 3.05) is 26.8 Å². The molecule has 1 aromatic rings. The molecule has 0 unspecified atom stereocenters. The van der Waals surface area contributed by atoms with Gasteiger partial charge in [-0.25, -0.2) is 0 Å². The van der Waals surface area contributed by atoms with Crippen LogP contribution in [0.2, 0.25) is 0 Å². The van der Waals surface area contributed by atoms with E-state index in [1.165, 1.54) is 4.90 Å². The number of benzene rings is 1. The van der Waals surface area contributed by atoms with Crippen molar-refractivity contribution in [3.8, 4) is 0 Å². The van der Waals surface area contributed by atoms with Gasteiger partial charge < -0.3 is 10.1 Å². The number of carbonyl (C=O) groups excluding carboxylic acids is 1. The number of ether oxygens (including phenoxy) is 1. The van der Waals surface area contributed by atoms with Gasteiger partial charge in [0.2, 0.25) is 0 Å². The Kier molecular flexibility index (Phi) is 3.98. The molecule has 0 atom stereocenters. The monoisotopic (exact) mass is 237 g/mol. The third-order valence-electron chi connectivity index (χ3n) is 2.42. The van der Waals surface area contributed by atoms with Crippen LogP contribution in [0.15, 0.2) is 29.2 Å². The summed E-state index contributed by atoms with van der Waals surface area (Å²) < 4.78 is 5.12. The van der Waals surface area contributed by atoms with E-state index in [1.54, 1.807) is 7.05 Å². The second-order valence-electron chi connectivity index (χ2n) is 3.76. The molecule has 0 radical (unpaired) electrons. The molecule has 0 bridgehead atoms. The Morgan fingerprint density at radius 2 is 2.12 bits per heavy atom. The number of carbonyl (C=O) groups is 1. The van der Waals surface area contributed by atoms with Crippen molar-refractivity contribution >= 4 is 17.5 Å². The molecule has 1 aromatic carbocycles. The fourth-order valence-electron chi connectivity index (χ4n) is 1.46. The topological polar surface area (TPSA) is 38.3 Å². The average molecular weight is 237 g/mol. The van der Waals surface area contributed by atoms with Gasteiger partial charge in [-0.1, -0.05) is 12.1 Å². The van der Waals surface area contributed by atoms with Crippen molar-refractivity contribution in [3.63, 3.8) is 0 Å². The molecule has 3 nitrogen and oxygen atoms in total. The van der Waals surface area contributed by atoms with Gasteiger partial charge in [-0.05, 0) is 19.2 Å². The molecular formula is C12H15NO2S. The fourth-order valence-corrected chi connectivity index (χ4v) is 2.46. The molecule has 4 heteroatoms. The number of hydrogen-bond donors (Lipinski definition) is 1. The second kappa shape index (κ2) is 5.48. The lowest BCUT2D eigenvalue weighted by molar-refractivity contribution is 0.0455. The van der Waals surface area contributed by atoms with Crippen LogP contribution in [0, 0.1) is 0 Å².